The van der Waals surface area contributed by atoms with Gasteiger partial charge in [-0.2, -0.15) is 0 Å². The van der Waals surface area contributed by atoms with Gasteiger partial charge in [-0.1, -0.05) is 0 Å². The van der Waals surface area contributed by atoms with Crippen molar-refractivity contribution in [2.75, 3.05) is 19.6 Å². The lowest BCUT2D eigenvalue weighted by Gasteiger charge is -2.50. The molecule has 2 rings (SSSR count). The van der Waals surface area contributed by atoms with Gasteiger partial charge in [0.1, 0.15) is 0 Å². The van der Waals surface area contributed by atoms with Gasteiger partial charge in [-0.05, 0) is 46.2 Å². The Bertz CT molecular complexity index is 161. The standard InChI is InChI=1S/C10H20N2/c1-9(2)12-7-3-4-10(8-12)5-6-11-10/h9,11H,3-8H2,1-2H3/t10-/m0/s1. The molecule has 2 nitrogen and oxygen atoms in total. The third-order valence-corrected chi connectivity index (χ3v) is 3.44. The van der Waals surface area contributed by atoms with E-state index in [1.165, 1.54) is 38.9 Å². The molecule has 0 amide bonds. The molecule has 12 heavy (non-hydrogen) atoms. The zero-order chi connectivity index (χ0) is 8.60. The van der Waals surface area contributed by atoms with E-state index >= 15 is 0 Å². The zero-order valence-corrected chi connectivity index (χ0v) is 8.27. The summed E-state index contributed by atoms with van der Waals surface area (Å²) in [4.78, 5) is 2.61. The summed E-state index contributed by atoms with van der Waals surface area (Å²) in [6.07, 6.45) is 4.18. The highest BCUT2D eigenvalue weighted by Crippen LogP contribution is 2.30. The maximum absolute atomic E-state index is 3.60. The second kappa shape index (κ2) is 3.00. The zero-order valence-electron chi connectivity index (χ0n) is 8.27. The minimum absolute atomic E-state index is 0.530. The monoisotopic (exact) mass is 168 g/mol. The summed E-state index contributed by atoms with van der Waals surface area (Å²) in [5.41, 5.74) is 0.530. The Labute approximate surface area is 75.3 Å². The Morgan fingerprint density at radius 1 is 1.33 bits per heavy atom. The van der Waals surface area contributed by atoms with Crippen LogP contribution in [0.5, 0.6) is 0 Å². The first-order valence-corrected chi connectivity index (χ1v) is 5.21. The van der Waals surface area contributed by atoms with Crippen molar-refractivity contribution in [3.05, 3.63) is 0 Å². The lowest BCUT2D eigenvalue weighted by Crippen LogP contribution is -2.65. The van der Waals surface area contributed by atoms with E-state index in [2.05, 4.69) is 24.1 Å². The maximum Gasteiger partial charge on any atom is 0.0321 e. The highest BCUT2D eigenvalue weighted by atomic mass is 15.2. The molecule has 0 radical (unpaired) electrons. The molecule has 1 spiro atoms. The second-order valence-electron chi connectivity index (χ2n) is 4.62. The van der Waals surface area contributed by atoms with Crippen LogP contribution in [-0.4, -0.2) is 36.1 Å². The molecule has 0 bridgehead atoms. The summed E-state index contributed by atoms with van der Waals surface area (Å²) in [5.74, 6) is 0. The Morgan fingerprint density at radius 2 is 2.08 bits per heavy atom. The molecule has 0 aromatic heterocycles. The molecule has 2 aliphatic rings. The normalized spacial score (nSPS) is 37.2. The number of hydrogen-bond donors (Lipinski definition) is 1. The van der Waals surface area contributed by atoms with Crippen LogP contribution in [0.3, 0.4) is 0 Å². The van der Waals surface area contributed by atoms with Crippen molar-refractivity contribution in [3.63, 3.8) is 0 Å². The quantitative estimate of drug-likeness (QED) is 0.633. The Morgan fingerprint density at radius 3 is 2.58 bits per heavy atom. The summed E-state index contributed by atoms with van der Waals surface area (Å²) in [6.45, 7) is 8.44. The predicted molar refractivity (Wildman–Crippen MR) is 51.3 cm³/mol. The Balaban J connectivity index is 1.94. The van der Waals surface area contributed by atoms with Crippen LogP contribution in [0.25, 0.3) is 0 Å². The van der Waals surface area contributed by atoms with Crippen LogP contribution in [0, 0.1) is 0 Å². The fraction of sp³-hybridized carbons (Fsp3) is 1.00. The highest BCUT2D eigenvalue weighted by Gasteiger charge is 2.40. The van der Waals surface area contributed by atoms with E-state index in [-0.39, 0.29) is 0 Å². The molecule has 2 fully saturated rings. The lowest BCUT2D eigenvalue weighted by atomic mass is 9.80. The molecule has 1 N–H and O–H groups in total. The van der Waals surface area contributed by atoms with E-state index in [4.69, 9.17) is 0 Å². The highest BCUT2D eigenvalue weighted by molar-refractivity contribution is 5.01. The third kappa shape index (κ3) is 1.38. The summed E-state index contributed by atoms with van der Waals surface area (Å²) in [6, 6.07) is 0.726. The van der Waals surface area contributed by atoms with Gasteiger partial charge in [0.05, 0.1) is 0 Å². The van der Waals surface area contributed by atoms with Crippen LogP contribution in [0.4, 0.5) is 0 Å². The molecular formula is C10H20N2. The van der Waals surface area contributed by atoms with E-state index in [9.17, 15) is 0 Å². The van der Waals surface area contributed by atoms with E-state index in [0.29, 0.717) is 5.54 Å². The van der Waals surface area contributed by atoms with Gasteiger partial charge in [0.15, 0.2) is 0 Å². The first-order valence-electron chi connectivity index (χ1n) is 5.21. The van der Waals surface area contributed by atoms with E-state index in [1.54, 1.807) is 0 Å². The first-order chi connectivity index (χ1) is 5.72. The number of nitrogens with one attached hydrogen (secondary N) is 1. The van der Waals surface area contributed by atoms with Crippen molar-refractivity contribution in [2.45, 2.75) is 44.7 Å². The average Bonchev–Trinajstić information content (AvgIpc) is 2.02. The van der Waals surface area contributed by atoms with Gasteiger partial charge < -0.3 is 5.32 Å². The molecule has 2 saturated heterocycles. The van der Waals surface area contributed by atoms with Crippen LogP contribution in [0.2, 0.25) is 0 Å². The van der Waals surface area contributed by atoms with Gasteiger partial charge in [-0.25, -0.2) is 0 Å². The van der Waals surface area contributed by atoms with Gasteiger partial charge in [0.2, 0.25) is 0 Å². The van der Waals surface area contributed by atoms with Crippen LogP contribution in [0.15, 0.2) is 0 Å². The summed E-state index contributed by atoms with van der Waals surface area (Å²) < 4.78 is 0. The molecule has 0 aromatic rings. The van der Waals surface area contributed by atoms with E-state index in [0.717, 1.165) is 6.04 Å². The smallest absolute Gasteiger partial charge is 0.0321 e. The summed E-state index contributed by atoms with van der Waals surface area (Å²) in [7, 11) is 0. The number of hydrogen-bond acceptors (Lipinski definition) is 2. The summed E-state index contributed by atoms with van der Waals surface area (Å²) in [5, 5.41) is 3.60. The molecule has 2 aliphatic heterocycles. The lowest BCUT2D eigenvalue weighted by molar-refractivity contribution is 0.0537. The van der Waals surface area contributed by atoms with Crippen molar-refractivity contribution >= 4 is 0 Å². The fourth-order valence-corrected chi connectivity index (χ4v) is 2.44. The van der Waals surface area contributed by atoms with Gasteiger partial charge in [0.25, 0.3) is 0 Å². The van der Waals surface area contributed by atoms with Crippen LogP contribution < -0.4 is 5.32 Å². The molecule has 1 atom stereocenters. The minimum Gasteiger partial charge on any atom is -0.310 e. The molecule has 0 unspecified atom stereocenters. The number of nitrogens with zero attached hydrogens (tertiary/aromatic N) is 1. The molecule has 0 saturated carbocycles. The van der Waals surface area contributed by atoms with Crippen LogP contribution in [-0.2, 0) is 0 Å². The topological polar surface area (TPSA) is 15.3 Å². The van der Waals surface area contributed by atoms with Crippen molar-refractivity contribution in [3.8, 4) is 0 Å². The molecule has 2 heterocycles. The Hall–Kier alpha value is -0.0800. The number of piperidine rings is 1. The van der Waals surface area contributed by atoms with Crippen molar-refractivity contribution in [1.82, 2.24) is 10.2 Å². The van der Waals surface area contributed by atoms with Crippen LogP contribution >= 0.6 is 0 Å². The fourth-order valence-electron chi connectivity index (χ4n) is 2.44. The largest absolute Gasteiger partial charge is 0.310 e. The van der Waals surface area contributed by atoms with Crippen molar-refractivity contribution in [2.24, 2.45) is 0 Å². The first kappa shape index (κ1) is 8.52. The van der Waals surface area contributed by atoms with Crippen molar-refractivity contribution in [1.29, 1.82) is 0 Å². The second-order valence-corrected chi connectivity index (χ2v) is 4.62. The number of likely N-dealkylation sites (tertiary alicyclic amines) is 1. The van der Waals surface area contributed by atoms with E-state index in [1.807, 2.05) is 0 Å². The SMILES string of the molecule is CC(C)N1CCC[C@]2(CCN2)C1. The number of rotatable bonds is 1. The minimum atomic E-state index is 0.530. The van der Waals surface area contributed by atoms with Gasteiger partial charge >= 0.3 is 0 Å². The van der Waals surface area contributed by atoms with Crippen molar-refractivity contribution < 1.29 is 0 Å². The van der Waals surface area contributed by atoms with Gasteiger partial charge in [0, 0.05) is 18.1 Å². The molecule has 2 heteroatoms. The average molecular weight is 168 g/mol. The molecule has 0 aliphatic carbocycles. The van der Waals surface area contributed by atoms with Gasteiger partial charge in [-0.3, -0.25) is 4.90 Å². The van der Waals surface area contributed by atoms with Crippen LogP contribution in [0.1, 0.15) is 33.1 Å². The summed E-state index contributed by atoms with van der Waals surface area (Å²) >= 11 is 0. The van der Waals surface area contributed by atoms with E-state index < -0.39 is 0 Å². The maximum atomic E-state index is 3.60. The molecule has 0 aromatic carbocycles. The molecular weight excluding hydrogens is 148 g/mol. The molecule has 70 valence electrons. The third-order valence-electron chi connectivity index (χ3n) is 3.44. The van der Waals surface area contributed by atoms with Gasteiger partial charge in [-0.15, -0.1) is 0 Å². The Kier molecular flexibility index (Phi) is 2.13. The predicted octanol–water partition coefficient (Wildman–Crippen LogP) is 1.22.